The third-order valence-corrected chi connectivity index (χ3v) is 3.07. The van der Waals surface area contributed by atoms with Gasteiger partial charge in [0.2, 0.25) is 5.91 Å². The minimum atomic E-state index is -1.20. The molecule has 0 unspecified atom stereocenters. The summed E-state index contributed by atoms with van der Waals surface area (Å²) in [7, 11) is 0. The number of nitrogens with two attached hydrogens (primary N) is 1. The molecule has 11 nitrogen and oxygen atoms in total. The zero-order valence-electron chi connectivity index (χ0n) is 13.2. The lowest BCUT2D eigenvalue weighted by Gasteiger charge is -2.38. The molecule has 11 heteroatoms. The van der Waals surface area contributed by atoms with Crippen molar-refractivity contribution in [1.82, 2.24) is 16.0 Å². The molecule has 24 heavy (non-hydrogen) atoms. The molecule has 1 rings (SSSR count). The van der Waals surface area contributed by atoms with Gasteiger partial charge in [0, 0.05) is 31.8 Å². The molecular weight excluding hydrogens is 320 g/mol. The molecule has 0 atom stereocenters. The monoisotopic (exact) mass is 344 g/mol. The van der Waals surface area contributed by atoms with E-state index in [0.717, 1.165) is 0 Å². The number of nitro groups is 1. The first-order chi connectivity index (χ1) is 11.5. The molecule has 0 saturated carbocycles. The van der Waals surface area contributed by atoms with E-state index in [-0.39, 0.29) is 50.8 Å². The number of anilines is 2. The number of nitrogens with one attached hydrogen (secondary N) is 4. The fourth-order valence-corrected chi connectivity index (χ4v) is 2.03. The van der Waals surface area contributed by atoms with Crippen LogP contribution < -0.4 is 27.0 Å². The predicted octanol–water partition coefficient (Wildman–Crippen LogP) is -2.05. The molecule has 9 N–H and O–H groups in total. The second kappa shape index (κ2) is 9.97. The van der Waals surface area contributed by atoms with Gasteiger partial charge in [0.25, 0.3) is 5.69 Å². The van der Waals surface area contributed by atoms with E-state index in [1.165, 1.54) is 18.2 Å². The minimum Gasteiger partial charge on any atom is -0.397 e. The molecule has 0 aliphatic carbocycles. The highest BCUT2D eigenvalue weighted by Crippen LogP contribution is 2.25. The van der Waals surface area contributed by atoms with Crippen LogP contribution in [-0.2, 0) is 0 Å². The molecular formula is C13H24N6O5. The van der Waals surface area contributed by atoms with Crippen LogP contribution in [0.3, 0.4) is 0 Å². The molecule has 0 aliphatic rings. The molecule has 136 valence electrons. The van der Waals surface area contributed by atoms with E-state index in [2.05, 4.69) is 21.3 Å². The van der Waals surface area contributed by atoms with Crippen molar-refractivity contribution in [3.8, 4) is 0 Å². The number of aliphatic hydroxyl groups is 3. The van der Waals surface area contributed by atoms with Crippen LogP contribution in [0, 0.1) is 10.1 Å². The van der Waals surface area contributed by atoms with Crippen molar-refractivity contribution in [3.63, 3.8) is 0 Å². The Kier molecular flexibility index (Phi) is 8.32. The second-order valence-electron chi connectivity index (χ2n) is 4.85. The molecule has 0 saturated heterocycles. The largest absolute Gasteiger partial charge is 0.397 e. The van der Waals surface area contributed by atoms with Gasteiger partial charge in [-0.2, -0.15) is 0 Å². The van der Waals surface area contributed by atoms with Crippen molar-refractivity contribution < 1.29 is 20.2 Å². The SMILES string of the molecule is Nc1cc([N+](=O)[O-])ccc1NC(NCCO)(NCCO)NCCO. The normalized spacial score (nSPS) is 11.5. The minimum absolute atomic E-state index is 0.140. The van der Waals surface area contributed by atoms with Gasteiger partial charge in [-0.25, -0.2) is 0 Å². The van der Waals surface area contributed by atoms with Gasteiger partial charge >= 0.3 is 0 Å². The molecule has 0 bridgehead atoms. The molecule has 0 spiro atoms. The van der Waals surface area contributed by atoms with Gasteiger partial charge in [-0.1, -0.05) is 0 Å². The molecule has 1 aromatic rings. The van der Waals surface area contributed by atoms with Crippen molar-refractivity contribution in [2.24, 2.45) is 0 Å². The third-order valence-electron chi connectivity index (χ3n) is 3.07. The smallest absolute Gasteiger partial charge is 0.271 e. The van der Waals surface area contributed by atoms with Gasteiger partial charge in [0.05, 0.1) is 36.1 Å². The number of rotatable bonds is 12. The van der Waals surface area contributed by atoms with E-state index in [1.807, 2.05) is 0 Å². The van der Waals surface area contributed by atoms with E-state index in [0.29, 0.717) is 5.69 Å². The average Bonchev–Trinajstić information content (AvgIpc) is 2.57. The number of nitrogen functional groups attached to an aromatic ring is 1. The quantitative estimate of drug-likeness (QED) is 0.0910. The Balaban J connectivity index is 3.05. The summed E-state index contributed by atoms with van der Waals surface area (Å²) in [5, 5.41) is 49.9. The van der Waals surface area contributed by atoms with Crippen molar-refractivity contribution >= 4 is 17.1 Å². The van der Waals surface area contributed by atoms with Crippen LogP contribution in [0.4, 0.5) is 17.1 Å². The van der Waals surface area contributed by atoms with E-state index < -0.39 is 10.8 Å². The summed E-state index contributed by atoms with van der Waals surface area (Å²) < 4.78 is 0. The molecule has 1 aromatic carbocycles. The standard InChI is InChI=1S/C13H24N6O5/c14-11-9-10(19(23)24)1-2-12(11)18-13(15-3-6-20,16-4-7-21)17-5-8-22/h1-2,9,15-18,20-22H,3-8,14H2. The van der Waals surface area contributed by atoms with Crippen LogP contribution in [0.5, 0.6) is 0 Å². The van der Waals surface area contributed by atoms with Gasteiger partial charge in [0.1, 0.15) is 0 Å². The second-order valence-corrected chi connectivity index (χ2v) is 4.85. The Morgan fingerprint density at radius 1 is 1.04 bits per heavy atom. The molecule has 0 aliphatic heterocycles. The number of hydrogen-bond donors (Lipinski definition) is 8. The number of benzene rings is 1. The highest BCUT2D eigenvalue weighted by Gasteiger charge is 2.28. The summed E-state index contributed by atoms with van der Waals surface area (Å²) in [6.45, 7) is 0.118. The Morgan fingerprint density at radius 3 is 1.92 bits per heavy atom. The lowest BCUT2D eigenvalue weighted by Crippen LogP contribution is -2.72. The zero-order valence-corrected chi connectivity index (χ0v) is 13.2. The van der Waals surface area contributed by atoms with Gasteiger partial charge in [-0.15, -0.1) is 0 Å². The first kappa shape index (κ1) is 20.0. The number of nitrogens with zero attached hydrogens (tertiary/aromatic N) is 1. The van der Waals surface area contributed by atoms with Gasteiger partial charge in [-0.3, -0.25) is 26.1 Å². The fraction of sp³-hybridized carbons (Fsp3) is 0.538. The molecule has 0 heterocycles. The van der Waals surface area contributed by atoms with E-state index in [1.54, 1.807) is 0 Å². The molecule has 0 aromatic heterocycles. The van der Waals surface area contributed by atoms with Crippen molar-refractivity contribution in [3.05, 3.63) is 28.3 Å². The number of nitro benzene ring substituents is 1. The summed E-state index contributed by atoms with van der Waals surface area (Å²) in [5.74, 6) is -1.20. The van der Waals surface area contributed by atoms with E-state index >= 15 is 0 Å². The third kappa shape index (κ3) is 5.88. The van der Waals surface area contributed by atoms with Crippen LogP contribution in [-0.4, -0.2) is 65.6 Å². The van der Waals surface area contributed by atoms with Crippen LogP contribution in [0.1, 0.15) is 0 Å². The van der Waals surface area contributed by atoms with Crippen LogP contribution in [0.15, 0.2) is 18.2 Å². The van der Waals surface area contributed by atoms with Crippen LogP contribution in [0.25, 0.3) is 0 Å². The number of hydrogen-bond acceptors (Lipinski definition) is 10. The molecule has 0 fully saturated rings. The van der Waals surface area contributed by atoms with Crippen molar-refractivity contribution in [1.29, 1.82) is 0 Å². The molecule has 0 radical (unpaired) electrons. The van der Waals surface area contributed by atoms with Crippen LogP contribution in [0.2, 0.25) is 0 Å². The van der Waals surface area contributed by atoms with Gasteiger partial charge in [0.15, 0.2) is 0 Å². The highest BCUT2D eigenvalue weighted by atomic mass is 16.6. The first-order valence-electron chi connectivity index (χ1n) is 7.37. The van der Waals surface area contributed by atoms with Gasteiger partial charge in [-0.05, 0) is 6.07 Å². The molecule has 0 amide bonds. The average molecular weight is 344 g/mol. The maximum atomic E-state index is 10.8. The van der Waals surface area contributed by atoms with Crippen LogP contribution >= 0.6 is 0 Å². The number of non-ortho nitro benzene ring substituents is 1. The summed E-state index contributed by atoms with van der Waals surface area (Å²) in [6.07, 6.45) is 0. The first-order valence-corrected chi connectivity index (χ1v) is 7.37. The Labute approximate surface area is 139 Å². The number of aliphatic hydroxyl groups excluding tert-OH is 3. The Hall–Kier alpha value is -2.02. The highest BCUT2D eigenvalue weighted by molar-refractivity contribution is 5.70. The van der Waals surface area contributed by atoms with E-state index in [9.17, 15) is 10.1 Å². The summed E-state index contributed by atoms with van der Waals surface area (Å²) in [5.41, 5.74) is 6.25. The maximum Gasteiger partial charge on any atom is 0.271 e. The summed E-state index contributed by atoms with van der Waals surface area (Å²) >= 11 is 0. The summed E-state index contributed by atoms with van der Waals surface area (Å²) in [6, 6.07) is 3.97. The van der Waals surface area contributed by atoms with E-state index in [4.69, 9.17) is 21.1 Å². The van der Waals surface area contributed by atoms with Gasteiger partial charge < -0.3 is 26.4 Å². The lowest BCUT2D eigenvalue weighted by molar-refractivity contribution is -0.384. The Morgan fingerprint density at radius 2 is 1.54 bits per heavy atom. The Bertz CT molecular complexity index is 508. The summed E-state index contributed by atoms with van der Waals surface area (Å²) in [4.78, 5) is 10.2. The maximum absolute atomic E-state index is 10.8. The predicted molar refractivity (Wildman–Crippen MR) is 89.1 cm³/mol. The fourth-order valence-electron chi connectivity index (χ4n) is 2.03. The zero-order chi connectivity index (χ0) is 18.0. The topological polar surface area (TPSA) is 178 Å². The van der Waals surface area contributed by atoms with Crippen molar-refractivity contribution in [2.75, 3.05) is 50.5 Å². The lowest BCUT2D eigenvalue weighted by atomic mass is 10.2. The van der Waals surface area contributed by atoms with Crippen molar-refractivity contribution in [2.45, 2.75) is 5.91 Å².